The average molecular weight is 466 g/mol. The molecule has 0 amide bonds. The number of pyridine rings is 1. The first kappa shape index (κ1) is 23.1. The zero-order chi connectivity index (χ0) is 23.4. The number of piperazine rings is 1. The number of anilines is 3. The van der Waals surface area contributed by atoms with Crippen molar-refractivity contribution in [2.45, 2.75) is 26.7 Å². The van der Waals surface area contributed by atoms with E-state index in [1.807, 2.05) is 26.0 Å². The summed E-state index contributed by atoms with van der Waals surface area (Å²) in [5.41, 5.74) is 2.39. The molecule has 1 saturated heterocycles. The summed E-state index contributed by atoms with van der Waals surface area (Å²) in [5.74, 6) is 2.28. The molecule has 0 unspecified atom stereocenters. The molecule has 8 nitrogen and oxygen atoms in total. The smallest absolute Gasteiger partial charge is 0.233 e. The topological polar surface area (TPSA) is 87.1 Å². The quantitative estimate of drug-likeness (QED) is 0.528. The lowest BCUT2D eigenvalue weighted by Gasteiger charge is -2.32. The van der Waals surface area contributed by atoms with Gasteiger partial charge in [0.25, 0.3) is 0 Å². The lowest BCUT2D eigenvalue weighted by molar-refractivity contribution is 0.0992. The Morgan fingerprint density at radius 3 is 2.64 bits per heavy atom. The molecular weight excluding hydrogens is 438 g/mol. The Labute approximate surface area is 199 Å². The van der Waals surface area contributed by atoms with Crippen molar-refractivity contribution < 1.29 is 4.79 Å². The Kier molecular flexibility index (Phi) is 7.15. The lowest BCUT2D eigenvalue weighted by atomic mass is 10.00. The molecule has 3 aromatic rings. The van der Waals surface area contributed by atoms with E-state index in [0.29, 0.717) is 40.5 Å². The summed E-state index contributed by atoms with van der Waals surface area (Å²) in [6, 6.07) is 9.08. The van der Waals surface area contributed by atoms with E-state index in [1.54, 1.807) is 24.4 Å². The van der Waals surface area contributed by atoms with Crippen LogP contribution >= 0.6 is 11.6 Å². The fourth-order valence-electron chi connectivity index (χ4n) is 3.71. The third kappa shape index (κ3) is 5.64. The number of aryl methyl sites for hydroxylation is 2. The van der Waals surface area contributed by atoms with Gasteiger partial charge in [-0.05, 0) is 43.3 Å². The fourth-order valence-corrected chi connectivity index (χ4v) is 4.00. The Bertz CT molecular complexity index is 1130. The SMILES string of the molecule is CCc1nc(Nc2cc(C(=O)Cc3c(C)cccc3Cl)ccn2)nc(N2CCN(C)CC2)n1. The van der Waals surface area contributed by atoms with Crippen LogP contribution in [0.3, 0.4) is 0 Å². The van der Waals surface area contributed by atoms with E-state index >= 15 is 0 Å². The van der Waals surface area contributed by atoms with E-state index in [4.69, 9.17) is 11.6 Å². The van der Waals surface area contributed by atoms with E-state index in [9.17, 15) is 4.79 Å². The van der Waals surface area contributed by atoms with Crippen molar-refractivity contribution >= 4 is 35.1 Å². The maximum Gasteiger partial charge on any atom is 0.233 e. The number of nitrogens with one attached hydrogen (secondary N) is 1. The highest BCUT2D eigenvalue weighted by molar-refractivity contribution is 6.31. The van der Waals surface area contributed by atoms with Crippen molar-refractivity contribution in [1.29, 1.82) is 0 Å². The van der Waals surface area contributed by atoms with E-state index in [1.165, 1.54) is 0 Å². The van der Waals surface area contributed by atoms with Gasteiger partial charge in [0.1, 0.15) is 11.6 Å². The first-order chi connectivity index (χ1) is 15.9. The maximum atomic E-state index is 12.9. The number of carbonyl (C=O) groups is 1. The highest BCUT2D eigenvalue weighted by atomic mass is 35.5. The van der Waals surface area contributed by atoms with Gasteiger partial charge in [-0.1, -0.05) is 30.7 Å². The number of Topliss-reactive ketones (excluding diaryl/α,β-unsaturated/α-hetero) is 1. The van der Waals surface area contributed by atoms with Gasteiger partial charge in [-0.15, -0.1) is 0 Å². The molecule has 1 fully saturated rings. The molecule has 0 spiro atoms. The molecule has 0 bridgehead atoms. The summed E-state index contributed by atoms with van der Waals surface area (Å²) in [6.45, 7) is 7.64. The molecule has 1 aliphatic heterocycles. The fraction of sp³-hybridized carbons (Fsp3) is 0.375. The van der Waals surface area contributed by atoms with Gasteiger partial charge in [-0.3, -0.25) is 4.79 Å². The second kappa shape index (κ2) is 10.2. The molecule has 0 atom stereocenters. The van der Waals surface area contributed by atoms with Crippen molar-refractivity contribution in [3.05, 3.63) is 64.1 Å². The normalized spacial score (nSPS) is 14.4. The first-order valence-electron chi connectivity index (χ1n) is 11.1. The van der Waals surface area contributed by atoms with Crippen LogP contribution in [0.5, 0.6) is 0 Å². The van der Waals surface area contributed by atoms with Crippen LogP contribution in [0.4, 0.5) is 17.7 Å². The van der Waals surface area contributed by atoms with Gasteiger partial charge in [0.05, 0.1) is 0 Å². The van der Waals surface area contributed by atoms with Crippen LogP contribution in [0.25, 0.3) is 0 Å². The zero-order valence-corrected chi connectivity index (χ0v) is 19.9. The second-order valence-electron chi connectivity index (χ2n) is 8.21. The minimum Gasteiger partial charge on any atom is -0.338 e. The minimum atomic E-state index is -0.0281. The van der Waals surface area contributed by atoms with Crippen molar-refractivity contribution in [3.8, 4) is 0 Å². The van der Waals surface area contributed by atoms with E-state index in [0.717, 1.165) is 37.3 Å². The van der Waals surface area contributed by atoms with Crippen LogP contribution < -0.4 is 10.2 Å². The molecule has 4 rings (SSSR count). The number of rotatable bonds is 7. The number of aromatic nitrogens is 4. The van der Waals surface area contributed by atoms with Crippen molar-refractivity contribution in [3.63, 3.8) is 0 Å². The molecule has 1 aliphatic rings. The molecular formula is C24H28ClN7O. The van der Waals surface area contributed by atoms with Gasteiger partial charge in [0.15, 0.2) is 5.78 Å². The van der Waals surface area contributed by atoms with Crippen LogP contribution in [0, 0.1) is 6.92 Å². The van der Waals surface area contributed by atoms with Gasteiger partial charge in [0.2, 0.25) is 11.9 Å². The van der Waals surface area contributed by atoms with Crippen molar-refractivity contribution in [2.24, 2.45) is 0 Å². The molecule has 33 heavy (non-hydrogen) atoms. The predicted molar refractivity (Wildman–Crippen MR) is 131 cm³/mol. The summed E-state index contributed by atoms with van der Waals surface area (Å²) >= 11 is 6.31. The molecule has 0 radical (unpaired) electrons. The van der Waals surface area contributed by atoms with Crippen molar-refractivity contribution in [2.75, 3.05) is 43.4 Å². The molecule has 3 heterocycles. The molecule has 0 aliphatic carbocycles. The summed E-state index contributed by atoms with van der Waals surface area (Å²) in [5, 5.41) is 3.76. The number of benzene rings is 1. The summed E-state index contributed by atoms with van der Waals surface area (Å²) in [6.07, 6.45) is 2.54. The zero-order valence-electron chi connectivity index (χ0n) is 19.2. The third-order valence-corrected chi connectivity index (χ3v) is 6.14. The Morgan fingerprint density at radius 1 is 1.12 bits per heavy atom. The van der Waals surface area contributed by atoms with Crippen LogP contribution in [-0.4, -0.2) is 63.8 Å². The number of halogens is 1. The number of hydrogen-bond acceptors (Lipinski definition) is 8. The number of nitrogens with zero attached hydrogens (tertiary/aromatic N) is 6. The molecule has 1 aromatic carbocycles. The summed E-state index contributed by atoms with van der Waals surface area (Å²) < 4.78 is 0. The number of likely N-dealkylation sites (N-methyl/N-ethyl adjacent to an activating group) is 1. The molecule has 9 heteroatoms. The van der Waals surface area contributed by atoms with E-state index in [-0.39, 0.29) is 12.2 Å². The molecule has 0 saturated carbocycles. The maximum absolute atomic E-state index is 12.9. The van der Waals surface area contributed by atoms with E-state index < -0.39 is 0 Å². The second-order valence-corrected chi connectivity index (χ2v) is 8.62. The van der Waals surface area contributed by atoms with Gasteiger partial charge in [0, 0.05) is 55.8 Å². The number of hydrogen-bond donors (Lipinski definition) is 1. The third-order valence-electron chi connectivity index (χ3n) is 5.78. The largest absolute Gasteiger partial charge is 0.338 e. The van der Waals surface area contributed by atoms with Gasteiger partial charge < -0.3 is 15.1 Å². The van der Waals surface area contributed by atoms with Crippen LogP contribution in [-0.2, 0) is 12.8 Å². The summed E-state index contributed by atoms with van der Waals surface area (Å²) in [4.78, 5) is 35.5. The molecule has 2 aromatic heterocycles. The highest BCUT2D eigenvalue weighted by Gasteiger charge is 2.19. The van der Waals surface area contributed by atoms with Crippen molar-refractivity contribution in [1.82, 2.24) is 24.8 Å². The van der Waals surface area contributed by atoms with E-state index in [2.05, 4.69) is 42.1 Å². The lowest BCUT2D eigenvalue weighted by Crippen LogP contribution is -2.45. The first-order valence-corrected chi connectivity index (χ1v) is 11.5. The monoisotopic (exact) mass is 465 g/mol. The highest BCUT2D eigenvalue weighted by Crippen LogP contribution is 2.22. The van der Waals surface area contributed by atoms with Crippen LogP contribution in [0.1, 0.15) is 34.2 Å². The Balaban J connectivity index is 1.53. The Morgan fingerprint density at radius 2 is 1.91 bits per heavy atom. The van der Waals surface area contributed by atoms with Gasteiger partial charge in [-0.25, -0.2) is 4.98 Å². The van der Waals surface area contributed by atoms with Gasteiger partial charge >= 0.3 is 0 Å². The van der Waals surface area contributed by atoms with Gasteiger partial charge in [-0.2, -0.15) is 15.0 Å². The molecule has 1 N–H and O–H groups in total. The Hall–Kier alpha value is -3.10. The summed E-state index contributed by atoms with van der Waals surface area (Å²) in [7, 11) is 2.11. The molecule has 172 valence electrons. The minimum absolute atomic E-state index is 0.0281. The average Bonchev–Trinajstić information content (AvgIpc) is 2.82. The standard InChI is InChI=1S/C24H28ClN7O/c1-4-21-27-23(30-24(29-21)32-12-10-31(3)11-13-32)28-22-14-17(8-9-26-22)20(33)15-18-16(2)6-5-7-19(18)25/h5-9,14H,4,10-13,15H2,1-3H3,(H,26,27,28,29,30). The number of carbonyl (C=O) groups excluding carboxylic acids is 1. The number of ketones is 1. The predicted octanol–water partition coefficient (Wildman–Crippen LogP) is 3.71. The van der Waals surface area contributed by atoms with Crippen LogP contribution in [0.15, 0.2) is 36.5 Å². The van der Waals surface area contributed by atoms with Crippen LogP contribution in [0.2, 0.25) is 5.02 Å².